The Balaban J connectivity index is 2.57. The molecule has 0 saturated heterocycles. The maximum absolute atomic E-state index is 13.7. The van der Waals surface area contributed by atoms with Crippen LogP contribution in [0, 0.1) is 17.5 Å². The first-order valence-electron chi connectivity index (χ1n) is 5.91. The van der Waals surface area contributed by atoms with Gasteiger partial charge in [-0.1, -0.05) is 0 Å². The number of aliphatic hydroxyl groups is 1. The minimum atomic E-state index is -1.65. The molecule has 0 spiro atoms. The monoisotopic (exact) mass is 286 g/mol. The summed E-state index contributed by atoms with van der Waals surface area (Å²) in [6.45, 7) is 2.13. The van der Waals surface area contributed by atoms with Gasteiger partial charge in [0.1, 0.15) is 29.2 Å². The van der Waals surface area contributed by atoms with E-state index in [1.165, 1.54) is 18.0 Å². The van der Waals surface area contributed by atoms with Crippen LogP contribution in [0.25, 0.3) is 0 Å². The number of aryl methyl sites for hydroxylation is 1. The van der Waals surface area contributed by atoms with Crippen molar-refractivity contribution in [3.8, 4) is 5.75 Å². The predicted molar refractivity (Wildman–Crippen MR) is 64.8 cm³/mol. The SMILES string of the molecule is CCn1ncc(OC)c1C(O)c1c(F)cc(F)cc1F. The van der Waals surface area contributed by atoms with Gasteiger partial charge in [0.15, 0.2) is 5.75 Å². The maximum Gasteiger partial charge on any atom is 0.163 e. The third kappa shape index (κ3) is 2.36. The highest BCUT2D eigenvalue weighted by Gasteiger charge is 2.27. The van der Waals surface area contributed by atoms with Gasteiger partial charge in [-0.15, -0.1) is 0 Å². The van der Waals surface area contributed by atoms with Crippen molar-refractivity contribution < 1.29 is 23.0 Å². The molecule has 0 fully saturated rings. The highest BCUT2D eigenvalue weighted by Crippen LogP contribution is 2.33. The fourth-order valence-corrected chi connectivity index (χ4v) is 2.01. The summed E-state index contributed by atoms with van der Waals surface area (Å²) in [6.07, 6.45) is -0.311. The molecule has 20 heavy (non-hydrogen) atoms. The van der Waals surface area contributed by atoms with E-state index in [-0.39, 0.29) is 11.4 Å². The van der Waals surface area contributed by atoms with Crippen molar-refractivity contribution in [1.29, 1.82) is 0 Å². The standard InChI is InChI=1S/C13H13F3N2O2/c1-3-18-12(10(20-2)6-17-18)13(19)11-8(15)4-7(14)5-9(11)16/h4-6,13,19H,3H2,1-2H3. The second-order valence-corrected chi connectivity index (χ2v) is 4.10. The third-order valence-corrected chi connectivity index (χ3v) is 2.94. The van der Waals surface area contributed by atoms with Gasteiger partial charge in [-0.2, -0.15) is 5.10 Å². The topological polar surface area (TPSA) is 47.3 Å². The van der Waals surface area contributed by atoms with Crippen molar-refractivity contribution >= 4 is 0 Å². The van der Waals surface area contributed by atoms with Crippen molar-refractivity contribution in [1.82, 2.24) is 9.78 Å². The van der Waals surface area contributed by atoms with Crippen LogP contribution >= 0.6 is 0 Å². The highest BCUT2D eigenvalue weighted by molar-refractivity contribution is 5.36. The molecule has 2 aromatic rings. The molecule has 1 heterocycles. The number of hydrogen-bond donors (Lipinski definition) is 1. The van der Waals surface area contributed by atoms with E-state index >= 15 is 0 Å². The Morgan fingerprint density at radius 2 is 1.90 bits per heavy atom. The smallest absolute Gasteiger partial charge is 0.163 e. The summed E-state index contributed by atoms with van der Waals surface area (Å²) in [6, 6.07) is 1.03. The minimum absolute atomic E-state index is 0.111. The Morgan fingerprint density at radius 3 is 2.40 bits per heavy atom. The lowest BCUT2D eigenvalue weighted by Gasteiger charge is -2.16. The largest absolute Gasteiger partial charge is 0.493 e. The van der Waals surface area contributed by atoms with Crippen LogP contribution < -0.4 is 4.74 Å². The molecule has 4 nitrogen and oxygen atoms in total. The van der Waals surface area contributed by atoms with Gasteiger partial charge in [0.2, 0.25) is 0 Å². The Kier molecular flexibility index (Phi) is 3.99. The average Bonchev–Trinajstić information content (AvgIpc) is 2.79. The van der Waals surface area contributed by atoms with E-state index in [9.17, 15) is 18.3 Å². The molecule has 0 aliphatic heterocycles. The summed E-state index contributed by atoms with van der Waals surface area (Å²) >= 11 is 0. The first-order chi connectivity index (χ1) is 9.49. The van der Waals surface area contributed by atoms with Gasteiger partial charge in [-0.3, -0.25) is 4.68 Å². The summed E-state index contributed by atoms with van der Waals surface area (Å²) < 4.78 is 46.7. The molecule has 2 rings (SSSR count). The van der Waals surface area contributed by atoms with Crippen molar-refractivity contribution in [2.45, 2.75) is 19.6 Å². The van der Waals surface area contributed by atoms with Crippen molar-refractivity contribution in [3.63, 3.8) is 0 Å². The number of methoxy groups -OCH3 is 1. The van der Waals surface area contributed by atoms with E-state index in [1.807, 2.05) is 0 Å². The number of aliphatic hydroxyl groups excluding tert-OH is 1. The number of benzene rings is 1. The first kappa shape index (κ1) is 14.4. The highest BCUT2D eigenvalue weighted by atomic mass is 19.1. The van der Waals surface area contributed by atoms with E-state index in [2.05, 4.69) is 5.10 Å². The van der Waals surface area contributed by atoms with Gasteiger partial charge in [0.25, 0.3) is 0 Å². The predicted octanol–water partition coefficient (Wildman–Crippen LogP) is 2.41. The fourth-order valence-electron chi connectivity index (χ4n) is 2.01. The molecule has 1 aromatic heterocycles. The molecule has 0 saturated carbocycles. The molecule has 7 heteroatoms. The normalized spacial score (nSPS) is 12.5. The Hall–Kier alpha value is -2.02. The number of ether oxygens (including phenoxy) is 1. The summed E-state index contributed by atoms with van der Waals surface area (Å²) in [4.78, 5) is 0. The van der Waals surface area contributed by atoms with Gasteiger partial charge < -0.3 is 9.84 Å². The molecular formula is C13H13F3N2O2. The van der Waals surface area contributed by atoms with Crippen LogP contribution in [-0.4, -0.2) is 22.0 Å². The molecular weight excluding hydrogens is 273 g/mol. The zero-order chi connectivity index (χ0) is 14.9. The lowest BCUT2D eigenvalue weighted by atomic mass is 10.0. The number of aromatic nitrogens is 2. The van der Waals surface area contributed by atoms with E-state index in [4.69, 9.17) is 4.74 Å². The van der Waals surface area contributed by atoms with Crippen LogP contribution in [0.3, 0.4) is 0 Å². The Bertz CT molecular complexity index is 584. The molecule has 1 N–H and O–H groups in total. The van der Waals surface area contributed by atoms with Gasteiger partial charge in [0, 0.05) is 18.7 Å². The quantitative estimate of drug-likeness (QED) is 0.939. The van der Waals surface area contributed by atoms with E-state index < -0.39 is 29.1 Å². The summed E-state index contributed by atoms with van der Waals surface area (Å²) in [7, 11) is 1.35. The lowest BCUT2D eigenvalue weighted by Crippen LogP contribution is -2.13. The number of halogens is 3. The Morgan fingerprint density at radius 1 is 1.30 bits per heavy atom. The molecule has 1 unspecified atom stereocenters. The molecule has 0 aliphatic rings. The molecule has 108 valence electrons. The average molecular weight is 286 g/mol. The van der Waals surface area contributed by atoms with E-state index in [0.29, 0.717) is 18.7 Å². The van der Waals surface area contributed by atoms with Crippen molar-refractivity contribution in [3.05, 3.63) is 47.0 Å². The maximum atomic E-state index is 13.7. The molecule has 1 atom stereocenters. The Labute approximate surface area is 113 Å². The molecule has 1 aromatic carbocycles. The minimum Gasteiger partial charge on any atom is -0.493 e. The van der Waals surface area contributed by atoms with Crippen molar-refractivity contribution in [2.24, 2.45) is 0 Å². The molecule has 0 amide bonds. The van der Waals surface area contributed by atoms with E-state index in [1.54, 1.807) is 6.92 Å². The van der Waals surface area contributed by atoms with Gasteiger partial charge in [-0.25, -0.2) is 13.2 Å². The molecule has 0 radical (unpaired) electrons. The second-order valence-electron chi connectivity index (χ2n) is 4.10. The summed E-state index contributed by atoms with van der Waals surface area (Å²) in [5.74, 6) is -3.18. The zero-order valence-electron chi connectivity index (χ0n) is 10.9. The van der Waals surface area contributed by atoms with Crippen LogP contribution in [0.15, 0.2) is 18.3 Å². The van der Waals surface area contributed by atoms with Crippen LogP contribution in [0.5, 0.6) is 5.75 Å². The van der Waals surface area contributed by atoms with Crippen LogP contribution in [0.4, 0.5) is 13.2 Å². The van der Waals surface area contributed by atoms with Crippen LogP contribution in [-0.2, 0) is 6.54 Å². The number of rotatable bonds is 4. The number of nitrogens with zero attached hydrogens (tertiary/aromatic N) is 2. The van der Waals surface area contributed by atoms with Crippen molar-refractivity contribution in [2.75, 3.05) is 7.11 Å². The van der Waals surface area contributed by atoms with Gasteiger partial charge >= 0.3 is 0 Å². The van der Waals surface area contributed by atoms with Crippen LogP contribution in [0.1, 0.15) is 24.3 Å². The lowest BCUT2D eigenvalue weighted by molar-refractivity contribution is 0.192. The molecule has 0 bridgehead atoms. The van der Waals surface area contributed by atoms with Crippen LogP contribution in [0.2, 0.25) is 0 Å². The van der Waals surface area contributed by atoms with E-state index in [0.717, 1.165) is 0 Å². The second kappa shape index (κ2) is 5.54. The summed E-state index contributed by atoms with van der Waals surface area (Å²) in [5.41, 5.74) is -0.528. The number of hydrogen-bond acceptors (Lipinski definition) is 3. The zero-order valence-corrected chi connectivity index (χ0v) is 10.9. The fraction of sp³-hybridized carbons (Fsp3) is 0.308. The molecule has 0 aliphatic carbocycles. The van der Waals surface area contributed by atoms with Gasteiger partial charge in [-0.05, 0) is 6.92 Å². The third-order valence-electron chi connectivity index (χ3n) is 2.94. The van der Waals surface area contributed by atoms with Gasteiger partial charge in [0.05, 0.1) is 18.9 Å². The first-order valence-corrected chi connectivity index (χ1v) is 5.91. The summed E-state index contributed by atoms with van der Waals surface area (Å²) in [5, 5.41) is 14.2.